The second kappa shape index (κ2) is 5.72. The van der Waals surface area contributed by atoms with Crippen molar-refractivity contribution in [3.8, 4) is 5.75 Å². The van der Waals surface area contributed by atoms with E-state index in [4.69, 9.17) is 4.74 Å². The van der Waals surface area contributed by atoms with Crippen LogP contribution in [0.5, 0.6) is 5.75 Å². The fourth-order valence-electron chi connectivity index (χ4n) is 2.97. The van der Waals surface area contributed by atoms with Crippen molar-refractivity contribution in [3.63, 3.8) is 0 Å². The zero-order valence-corrected chi connectivity index (χ0v) is 14.2. The number of nitrogens with one attached hydrogen (secondary N) is 1. The lowest BCUT2D eigenvalue weighted by molar-refractivity contribution is 0.214. The molecule has 2 atom stereocenters. The van der Waals surface area contributed by atoms with E-state index in [0.29, 0.717) is 5.92 Å². The molecule has 0 spiro atoms. The van der Waals surface area contributed by atoms with Crippen LogP contribution in [0.25, 0.3) is 0 Å². The smallest absolute Gasteiger partial charge is 0.124 e. The molecule has 1 aliphatic heterocycles. The van der Waals surface area contributed by atoms with Crippen molar-refractivity contribution < 1.29 is 4.74 Å². The molecule has 2 unspecified atom stereocenters. The standard InChI is InChI=1S/C18H20BrNO/c1-11-8-12(2)18(15(19)9-11)20-17-13(3)10-21-16-7-5-4-6-14(16)17/h4-9,13,17,20H,10H2,1-3H3. The van der Waals surface area contributed by atoms with E-state index < -0.39 is 0 Å². The van der Waals surface area contributed by atoms with Crippen molar-refractivity contribution in [2.45, 2.75) is 26.8 Å². The van der Waals surface area contributed by atoms with Crippen molar-refractivity contribution in [2.75, 3.05) is 11.9 Å². The fraction of sp³-hybridized carbons (Fsp3) is 0.333. The van der Waals surface area contributed by atoms with Gasteiger partial charge in [-0.25, -0.2) is 0 Å². The molecule has 1 aliphatic rings. The Hall–Kier alpha value is -1.48. The Balaban J connectivity index is 1.98. The van der Waals surface area contributed by atoms with E-state index in [1.165, 1.54) is 22.4 Å². The number of para-hydroxylation sites is 1. The molecule has 3 heteroatoms. The maximum Gasteiger partial charge on any atom is 0.124 e. The Labute approximate surface area is 134 Å². The number of fused-ring (bicyclic) bond motifs is 1. The van der Waals surface area contributed by atoms with Crippen molar-refractivity contribution in [3.05, 3.63) is 57.6 Å². The highest BCUT2D eigenvalue weighted by Gasteiger charge is 2.28. The number of ether oxygens (including phenoxy) is 1. The zero-order chi connectivity index (χ0) is 15.0. The van der Waals surface area contributed by atoms with Crippen LogP contribution in [-0.4, -0.2) is 6.61 Å². The molecule has 0 bridgehead atoms. The molecule has 110 valence electrons. The minimum atomic E-state index is 0.271. The lowest BCUT2D eigenvalue weighted by atomic mass is 9.91. The number of anilines is 1. The van der Waals surface area contributed by atoms with Crippen molar-refractivity contribution in [1.29, 1.82) is 0 Å². The Bertz CT molecular complexity index is 645. The fourth-order valence-corrected chi connectivity index (χ4v) is 3.76. The summed E-state index contributed by atoms with van der Waals surface area (Å²) in [6.07, 6.45) is 0. The number of rotatable bonds is 2. The Kier molecular flexibility index (Phi) is 3.94. The largest absolute Gasteiger partial charge is 0.493 e. The highest BCUT2D eigenvalue weighted by molar-refractivity contribution is 9.10. The zero-order valence-electron chi connectivity index (χ0n) is 12.6. The van der Waals surface area contributed by atoms with Crippen LogP contribution in [0, 0.1) is 19.8 Å². The first-order chi connectivity index (χ1) is 10.1. The first-order valence-corrected chi connectivity index (χ1v) is 8.10. The summed E-state index contributed by atoms with van der Waals surface area (Å²) in [5.74, 6) is 1.42. The minimum Gasteiger partial charge on any atom is -0.493 e. The van der Waals surface area contributed by atoms with Crippen LogP contribution in [0.3, 0.4) is 0 Å². The molecule has 0 saturated carbocycles. The summed E-state index contributed by atoms with van der Waals surface area (Å²) in [6, 6.07) is 12.9. The van der Waals surface area contributed by atoms with Crippen LogP contribution in [0.4, 0.5) is 5.69 Å². The molecule has 2 nitrogen and oxygen atoms in total. The van der Waals surface area contributed by atoms with Crippen LogP contribution < -0.4 is 10.1 Å². The monoisotopic (exact) mass is 345 g/mol. The van der Waals surface area contributed by atoms with Crippen LogP contribution in [0.15, 0.2) is 40.9 Å². The third-order valence-electron chi connectivity index (χ3n) is 4.06. The summed E-state index contributed by atoms with van der Waals surface area (Å²) in [5.41, 5.74) is 4.95. The van der Waals surface area contributed by atoms with Gasteiger partial charge >= 0.3 is 0 Å². The normalized spacial score (nSPS) is 20.6. The van der Waals surface area contributed by atoms with Gasteiger partial charge < -0.3 is 10.1 Å². The van der Waals surface area contributed by atoms with Crippen LogP contribution in [-0.2, 0) is 0 Å². The van der Waals surface area contributed by atoms with Gasteiger partial charge in [0.15, 0.2) is 0 Å². The highest BCUT2D eigenvalue weighted by Crippen LogP contribution is 2.39. The van der Waals surface area contributed by atoms with E-state index in [1.54, 1.807) is 0 Å². The Morgan fingerprint density at radius 2 is 1.95 bits per heavy atom. The van der Waals surface area contributed by atoms with Crippen LogP contribution in [0.2, 0.25) is 0 Å². The highest BCUT2D eigenvalue weighted by atomic mass is 79.9. The van der Waals surface area contributed by atoms with E-state index in [2.05, 4.69) is 66.3 Å². The Morgan fingerprint density at radius 1 is 1.19 bits per heavy atom. The molecule has 3 rings (SSSR count). The van der Waals surface area contributed by atoms with E-state index in [-0.39, 0.29) is 6.04 Å². The number of halogens is 1. The summed E-state index contributed by atoms with van der Waals surface area (Å²) in [5, 5.41) is 3.72. The van der Waals surface area contributed by atoms with E-state index in [0.717, 1.165) is 16.8 Å². The molecule has 0 radical (unpaired) electrons. The molecule has 2 aromatic carbocycles. The first kappa shape index (κ1) is 14.5. The summed E-state index contributed by atoms with van der Waals surface area (Å²) >= 11 is 3.69. The average Bonchev–Trinajstić information content (AvgIpc) is 2.44. The molecular weight excluding hydrogens is 326 g/mol. The van der Waals surface area contributed by atoms with Gasteiger partial charge in [-0.2, -0.15) is 0 Å². The van der Waals surface area contributed by atoms with Gasteiger partial charge in [0.1, 0.15) is 5.75 Å². The van der Waals surface area contributed by atoms with Gasteiger partial charge in [0.25, 0.3) is 0 Å². The molecule has 21 heavy (non-hydrogen) atoms. The number of hydrogen-bond acceptors (Lipinski definition) is 2. The summed E-state index contributed by atoms with van der Waals surface area (Å²) < 4.78 is 6.95. The molecule has 1 heterocycles. The van der Waals surface area contributed by atoms with Gasteiger partial charge in [-0.15, -0.1) is 0 Å². The van der Waals surface area contributed by atoms with E-state index in [9.17, 15) is 0 Å². The summed E-state index contributed by atoms with van der Waals surface area (Å²) in [4.78, 5) is 0. The third kappa shape index (κ3) is 2.80. The average molecular weight is 346 g/mol. The van der Waals surface area contributed by atoms with Gasteiger partial charge in [0, 0.05) is 16.0 Å². The Morgan fingerprint density at radius 3 is 2.71 bits per heavy atom. The van der Waals surface area contributed by atoms with E-state index >= 15 is 0 Å². The predicted molar refractivity (Wildman–Crippen MR) is 91.1 cm³/mol. The van der Waals surface area contributed by atoms with Crippen molar-refractivity contribution in [2.24, 2.45) is 5.92 Å². The van der Waals surface area contributed by atoms with Crippen molar-refractivity contribution >= 4 is 21.6 Å². The maximum atomic E-state index is 5.83. The van der Waals surface area contributed by atoms with Gasteiger partial charge in [0.05, 0.1) is 18.3 Å². The van der Waals surface area contributed by atoms with E-state index in [1.807, 2.05) is 12.1 Å². The second-order valence-corrected chi connectivity index (χ2v) is 6.74. The molecule has 0 aliphatic carbocycles. The number of benzene rings is 2. The summed E-state index contributed by atoms with van der Waals surface area (Å²) in [6.45, 7) is 7.24. The van der Waals surface area contributed by atoms with Crippen molar-refractivity contribution in [1.82, 2.24) is 0 Å². The number of aryl methyl sites for hydroxylation is 2. The topological polar surface area (TPSA) is 21.3 Å². The molecule has 0 saturated heterocycles. The van der Waals surface area contributed by atoms with Crippen LogP contribution in [0.1, 0.15) is 29.7 Å². The first-order valence-electron chi connectivity index (χ1n) is 7.31. The molecule has 1 N–H and O–H groups in total. The second-order valence-electron chi connectivity index (χ2n) is 5.89. The summed E-state index contributed by atoms with van der Waals surface area (Å²) in [7, 11) is 0. The van der Waals surface area contributed by atoms with Crippen LogP contribution >= 0.6 is 15.9 Å². The van der Waals surface area contributed by atoms with Gasteiger partial charge in [-0.1, -0.05) is 31.2 Å². The lowest BCUT2D eigenvalue weighted by Gasteiger charge is -2.33. The maximum absolute atomic E-state index is 5.83. The third-order valence-corrected chi connectivity index (χ3v) is 4.68. The minimum absolute atomic E-state index is 0.271. The molecule has 0 fully saturated rings. The van der Waals surface area contributed by atoms with Gasteiger partial charge in [-0.3, -0.25) is 0 Å². The number of hydrogen-bond donors (Lipinski definition) is 1. The molecule has 2 aromatic rings. The molecule has 0 aromatic heterocycles. The SMILES string of the molecule is Cc1cc(C)c(NC2c3ccccc3OCC2C)c(Br)c1. The predicted octanol–water partition coefficient (Wildman–Crippen LogP) is 5.25. The quantitative estimate of drug-likeness (QED) is 0.802. The van der Waals surface area contributed by atoms with Gasteiger partial charge in [0.2, 0.25) is 0 Å². The molecular formula is C18H20BrNO. The lowest BCUT2D eigenvalue weighted by Crippen LogP contribution is -2.29. The van der Waals surface area contributed by atoms with Gasteiger partial charge in [-0.05, 0) is 53.0 Å². The molecule has 0 amide bonds.